The fraction of sp³-hybridized carbons (Fsp3) is 0.333. The lowest BCUT2D eigenvalue weighted by Crippen LogP contribution is -2.41. The molecule has 1 atom stereocenters. The normalized spacial score (nSPS) is 11.4. The summed E-state index contributed by atoms with van der Waals surface area (Å²) in [5.74, 6) is -2.34. The molecule has 1 aromatic carbocycles. The van der Waals surface area contributed by atoms with E-state index in [9.17, 15) is 19.2 Å². The molecule has 0 aliphatic rings. The highest BCUT2D eigenvalue weighted by atomic mass is 16.4. The molecule has 118 valence electrons. The summed E-state index contributed by atoms with van der Waals surface area (Å²) >= 11 is 0. The van der Waals surface area contributed by atoms with Gasteiger partial charge in [-0.1, -0.05) is 12.1 Å². The number of hydrogen-bond acceptors (Lipinski definition) is 4. The summed E-state index contributed by atoms with van der Waals surface area (Å²) in [7, 11) is 0. The quantitative estimate of drug-likeness (QED) is 0.700. The summed E-state index contributed by atoms with van der Waals surface area (Å²) in [6.07, 6.45) is 0.0727. The van der Waals surface area contributed by atoms with Crippen molar-refractivity contribution in [2.45, 2.75) is 32.7 Å². The Morgan fingerprint density at radius 1 is 1.14 bits per heavy atom. The van der Waals surface area contributed by atoms with E-state index in [0.717, 1.165) is 0 Å². The molecule has 1 aromatic rings. The predicted molar refractivity (Wildman–Crippen MR) is 79.6 cm³/mol. The van der Waals surface area contributed by atoms with E-state index in [1.165, 1.54) is 19.9 Å². The van der Waals surface area contributed by atoms with Gasteiger partial charge in [0.15, 0.2) is 0 Å². The predicted octanol–water partition coefficient (Wildman–Crippen LogP) is 1.20. The highest BCUT2D eigenvalue weighted by Gasteiger charge is 2.22. The van der Waals surface area contributed by atoms with Gasteiger partial charge in [0.05, 0.1) is 11.3 Å². The molecular formula is C15H18N2O5. The van der Waals surface area contributed by atoms with E-state index < -0.39 is 17.9 Å². The molecule has 0 spiro atoms. The molecule has 7 nitrogen and oxygen atoms in total. The molecule has 0 aromatic heterocycles. The fourth-order valence-electron chi connectivity index (χ4n) is 1.82. The SMILES string of the molecule is CC(=O)CC[C@H](NC(=O)c1ccccc1NC(C)=O)C(=O)O. The highest BCUT2D eigenvalue weighted by Crippen LogP contribution is 2.15. The topological polar surface area (TPSA) is 113 Å². The van der Waals surface area contributed by atoms with Crippen molar-refractivity contribution in [3.05, 3.63) is 29.8 Å². The number of amides is 2. The first kappa shape index (κ1) is 17.4. The van der Waals surface area contributed by atoms with E-state index in [2.05, 4.69) is 10.6 Å². The maximum Gasteiger partial charge on any atom is 0.326 e. The number of carboxylic acid groups (broad SMARTS) is 1. The Balaban J connectivity index is 2.88. The molecule has 7 heteroatoms. The Morgan fingerprint density at radius 2 is 1.77 bits per heavy atom. The van der Waals surface area contributed by atoms with Gasteiger partial charge in [0.1, 0.15) is 11.8 Å². The standard InChI is InChI=1S/C15H18N2O5/c1-9(18)7-8-13(15(21)22)17-14(20)11-5-3-4-6-12(11)16-10(2)19/h3-6,13H,7-8H2,1-2H3,(H,16,19)(H,17,20)(H,21,22)/t13-/m0/s1. The van der Waals surface area contributed by atoms with Crippen LogP contribution in [-0.2, 0) is 14.4 Å². The lowest BCUT2D eigenvalue weighted by Gasteiger charge is -2.15. The van der Waals surface area contributed by atoms with E-state index in [1.807, 2.05) is 0 Å². The average Bonchev–Trinajstić information content (AvgIpc) is 2.42. The zero-order chi connectivity index (χ0) is 16.7. The second kappa shape index (κ2) is 7.92. The lowest BCUT2D eigenvalue weighted by atomic mass is 10.1. The van der Waals surface area contributed by atoms with Crippen LogP contribution in [0.1, 0.15) is 37.0 Å². The summed E-state index contributed by atoms with van der Waals surface area (Å²) in [4.78, 5) is 45.4. The third kappa shape index (κ3) is 5.35. The summed E-state index contributed by atoms with van der Waals surface area (Å²) < 4.78 is 0. The minimum absolute atomic E-state index is 0.0126. The van der Waals surface area contributed by atoms with Crippen molar-refractivity contribution in [3.63, 3.8) is 0 Å². The molecule has 2 amide bonds. The van der Waals surface area contributed by atoms with E-state index in [-0.39, 0.29) is 30.1 Å². The second-order valence-electron chi connectivity index (χ2n) is 4.83. The van der Waals surface area contributed by atoms with Crippen molar-refractivity contribution in [1.29, 1.82) is 0 Å². The number of para-hydroxylation sites is 1. The third-order valence-corrected chi connectivity index (χ3v) is 2.87. The van der Waals surface area contributed by atoms with Gasteiger partial charge >= 0.3 is 5.97 Å². The first-order chi connectivity index (χ1) is 10.3. The largest absolute Gasteiger partial charge is 0.480 e. The van der Waals surface area contributed by atoms with Crippen molar-refractivity contribution >= 4 is 29.3 Å². The zero-order valence-electron chi connectivity index (χ0n) is 12.4. The van der Waals surface area contributed by atoms with Gasteiger partial charge < -0.3 is 20.5 Å². The summed E-state index contributed by atoms with van der Waals surface area (Å²) in [6, 6.07) is 5.10. The number of Topliss-reactive ketones (excluding diaryl/α,β-unsaturated/α-hetero) is 1. The van der Waals surface area contributed by atoms with Crippen molar-refractivity contribution in [2.24, 2.45) is 0 Å². The summed E-state index contributed by atoms with van der Waals surface area (Å²) in [5.41, 5.74) is 0.454. The molecule has 0 unspecified atom stereocenters. The van der Waals surface area contributed by atoms with Crippen molar-refractivity contribution in [1.82, 2.24) is 5.32 Å². The number of hydrogen-bond donors (Lipinski definition) is 3. The average molecular weight is 306 g/mol. The molecule has 0 bridgehead atoms. The van der Waals surface area contributed by atoms with Gasteiger partial charge in [-0.15, -0.1) is 0 Å². The molecule has 0 fully saturated rings. The fourth-order valence-corrected chi connectivity index (χ4v) is 1.82. The Hall–Kier alpha value is -2.70. The van der Waals surface area contributed by atoms with E-state index in [1.54, 1.807) is 18.2 Å². The summed E-state index contributed by atoms with van der Waals surface area (Å²) in [5, 5.41) is 14.0. The van der Waals surface area contributed by atoms with Crippen LogP contribution in [0, 0.1) is 0 Å². The minimum Gasteiger partial charge on any atom is -0.480 e. The Bertz CT molecular complexity index is 597. The van der Waals surface area contributed by atoms with Crippen LogP contribution in [0.25, 0.3) is 0 Å². The number of carboxylic acids is 1. The van der Waals surface area contributed by atoms with Gasteiger partial charge in [-0.3, -0.25) is 9.59 Å². The zero-order valence-corrected chi connectivity index (χ0v) is 12.4. The van der Waals surface area contributed by atoms with Crippen LogP contribution in [0.3, 0.4) is 0 Å². The monoisotopic (exact) mass is 306 g/mol. The molecule has 0 aliphatic heterocycles. The molecule has 0 saturated carbocycles. The second-order valence-corrected chi connectivity index (χ2v) is 4.83. The van der Waals surface area contributed by atoms with Crippen LogP contribution in [0.2, 0.25) is 0 Å². The molecule has 0 radical (unpaired) electrons. The Morgan fingerprint density at radius 3 is 2.32 bits per heavy atom. The van der Waals surface area contributed by atoms with E-state index >= 15 is 0 Å². The third-order valence-electron chi connectivity index (χ3n) is 2.87. The van der Waals surface area contributed by atoms with Crippen molar-refractivity contribution in [3.8, 4) is 0 Å². The lowest BCUT2D eigenvalue weighted by molar-refractivity contribution is -0.139. The van der Waals surface area contributed by atoms with Gasteiger partial charge in [-0.25, -0.2) is 4.79 Å². The number of carbonyl (C=O) groups is 4. The van der Waals surface area contributed by atoms with Gasteiger partial charge in [0.2, 0.25) is 5.91 Å². The number of rotatable bonds is 7. The number of benzene rings is 1. The van der Waals surface area contributed by atoms with Crippen LogP contribution in [0.15, 0.2) is 24.3 Å². The van der Waals surface area contributed by atoms with Gasteiger partial charge in [-0.05, 0) is 25.5 Å². The van der Waals surface area contributed by atoms with E-state index in [4.69, 9.17) is 5.11 Å². The smallest absolute Gasteiger partial charge is 0.326 e. The molecule has 1 rings (SSSR count). The maximum atomic E-state index is 12.2. The minimum atomic E-state index is -1.22. The molecule has 3 N–H and O–H groups in total. The Labute approximate surface area is 127 Å². The molecular weight excluding hydrogens is 288 g/mol. The van der Waals surface area contributed by atoms with Crippen molar-refractivity contribution < 1.29 is 24.3 Å². The molecule has 22 heavy (non-hydrogen) atoms. The Kier molecular flexibility index (Phi) is 6.25. The van der Waals surface area contributed by atoms with Gasteiger partial charge in [0.25, 0.3) is 5.91 Å². The molecule has 0 saturated heterocycles. The number of ketones is 1. The molecule has 0 heterocycles. The highest BCUT2D eigenvalue weighted by molar-refractivity contribution is 6.04. The first-order valence-electron chi connectivity index (χ1n) is 6.71. The maximum absolute atomic E-state index is 12.2. The first-order valence-corrected chi connectivity index (χ1v) is 6.71. The number of anilines is 1. The number of nitrogens with one attached hydrogen (secondary N) is 2. The van der Waals surface area contributed by atoms with Crippen LogP contribution in [-0.4, -0.2) is 34.7 Å². The van der Waals surface area contributed by atoms with Gasteiger partial charge in [-0.2, -0.15) is 0 Å². The van der Waals surface area contributed by atoms with Crippen LogP contribution in [0.5, 0.6) is 0 Å². The molecule has 0 aliphatic carbocycles. The summed E-state index contributed by atoms with van der Waals surface area (Å²) in [6.45, 7) is 2.66. The number of carbonyl (C=O) groups excluding carboxylic acids is 3. The van der Waals surface area contributed by atoms with Gasteiger partial charge in [0, 0.05) is 13.3 Å². The number of aliphatic carboxylic acids is 1. The van der Waals surface area contributed by atoms with Crippen molar-refractivity contribution in [2.75, 3.05) is 5.32 Å². The van der Waals surface area contributed by atoms with Crippen LogP contribution < -0.4 is 10.6 Å². The van der Waals surface area contributed by atoms with E-state index in [0.29, 0.717) is 5.69 Å². The van der Waals surface area contributed by atoms with Crippen LogP contribution >= 0.6 is 0 Å². The van der Waals surface area contributed by atoms with Crippen LogP contribution in [0.4, 0.5) is 5.69 Å².